The van der Waals surface area contributed by atoms with E-state index in [9.17, 15) is 4.79 Å². The molecule has 0 spiro atoms. The fourth-order valence-corrected chi connectivity index (χ4v) is 2.13. The van der Waals surface area contributed by atoms with Crippen LogP contribution in [0.1, 0.15) is 39.5 Å². The molecule has 0 aromatic rings. The van der Waals surface area contributed by atoms with Crippen LogP contribution in [-0.2, 0) is 4.79 Å². The average Bonchev–Trinajstić information content (AvgIpc) is 2.16. The zero-order valence-corrected chi connectivity index (χ0v) is 10.3. The highest BCUT2D eigenvalue weighted by Crippen LogP contribution is 2.23. The molecule has 0 bridgehead atoms. The van der Waals surface area contributed by atoms with Crippen LogP contribution in [-0.4, -0.2) is 16.9 Å². The molecule has 0 aromatic carbocycles. The van der Waals surface area contributed by atoms with Crippen molar-refractivity contribution in [3.05, 3.63) is 0 Å². The number of carbonyl (C=O) groups is 1. The Morgan fingerprint density at radius 1 is 1.53 bits per heavy atom. The molecule has 4 heteroatoms. The van der Waals surface area contributed by atoms with Crippen LogP contribution in [0.5, 0.6) is 0 Å². The van der Waals surface area contributed by atoms with E-state index in [1.807, 2.05) is 0 Å². The summed E-state index contributed by atoms with van der Waals surface area (Å²) in [5.41, 5.74) is 5.44. The Bertz CT molecular complexity index is 255. The molecule has 1 rings (SSSR count). The summed E-state index contributed by atoms with van der Waals surface area (Å²) in [5.74, 6) is 0.336. The Kier molecular flexibility index (Phi) is 4.51. The van der Waals surface area contributed by atoms with E-state index in [-0.39, 0.29) is 16.8 Å². The van der Waals surface area contributed by atoms with Gasteiger partial charge in [-0.3, -0.25) is 4.79 Å². The second kappa shape index (κ2) is 5.45. The Morgan fingerprint density at radius 3 is 2.73 bits per heavy atom. The minimum atomic E-state index is -0.350. The molecule has 1 aliphatic carbocycles. The molecule has 0 aliphatic heterocycles. The largest absolute Gasteiger partial charge is 0.393 e. The van der Waals surface area contributed by atoms with E-state index < -0.39 is 0 Å². The highest BCUT2D eigenvalue weighted by atomic mass is 32.1. The monoisotopic (exact) mass is 228 g/mol. The second-order valence-corrected chi connectivity index (χ2v) is 5.07. The van der Waals surface area contributed by atoms with Gasteiger partial charge in [-0.2, -0.15) is 0 Å². The van der Waals surface area contributed by atoms with Crippen molar-refractivity contribution < 1.29 is 4.79 Å². The Labute approximate surface area is 96.8 Å². The lowest BCUT2D eigenvalue weighted by molar-refractivity contribution is -0.123. The molecule has 3 N–H and O–H groups in total. The lowest BCUT2D eigenvalue weighted by atomic mass is 9.87. The minimum Gasteiger partial charge on any atom is -0.393 e. The van der Waals surface area contributed by atoms with Crippen LogP contribution in [0.15, 0.2) is 0 Å². The van der Waals surface area contributed by atoms with Gasteiger partial charge in [-0.1, -0.05) is 32.0 Å². The standard InChI is InChI=1S/C11H20N2OS/c1-7-4-3-5-9(6-7)13-11(14)8(2)10(12)15/h7-9H,3-6H2,1-2H3,(H2,12,15)(H,13,14). The summed E-state index contributed by atoms with van der Waals surface area (Å²) < 4.78 is 0. The number of hydrogen-bond acceptors (Lipinski definition) is 2. The highest BCUT2D eigenvalue weighted by Gasteiger charge is 2.23. The van der Waals surface area contributed by atoms with E-state index in [1.54, 1.807) is 6.92 Å². The number of hydrogen-bond donors (Lipinski definition) is 2. The number of rotatable bonds is 3. The van der Waals surface area contributed by atoms with Crippen molar-refractivity contribution >= 4 is 23.1 Å². The van der Waals surface area contributed by atoms with Gasteiger partial charge < -0.3 is 11.1 Å². The van der Waals surface area contributed by atoms with Crippen LogP contribution >= 0.6 is 12.2 Å². The lowest BCUT2D eigenvalue weighted by Crippen LogP contribution is -2.43. The molecule has 86 valence electrons. The van der Waals surface area contributed by atoms with Crippen LogP contribution in [0.25, 0.3) is 0 Å². The Balaban J connectivity index is 2.40. The molecule has 0 saturated heterocycles. The maximum Gasteiger partial charge on any atom is 0.229 e. The third-order valence-corrected chi connectivity index (χ3v) is 3.46. The van der Waals surface area contributed by atoms with E-state index in [0.717, 1.165) is 12.8 Å². The van der Waals surface area contributed by atoms with Gasteiger partial charge in [-0.15, -0.1) is 0 Å². The van der Waals surface area contributed by atoms with Gasteiger partial charge in [-0.05, 0) is 25.7 Å². The molecule has 3 nitrogen and oxygen atoms in total. The van der Waals surface area contributed by atoms with Crippen molar-refractivity contribution in [2.24, 2.45) is 17.6 Å². The summed E-state index contributed by atoms with van der Waals surface area (Å²) in [6, 6.07) is 0.318. The molecule has 0 aromatic heterocycles. The predicted molar refractivity (Wildman–Crippen MR) is 65.5 cm³/mol. The molecule has 1 fully saturated rings. The summed E-state index contributed by atoms with van der Waals surface area (Å²) in [6.07, 6.45) is 4.64. The number of nitrogens with two attached hydrogens (primary N) is 1. The minimum absolute atomic E-state index is 0.0263. The third kappa shape index (κ3) is 3.78. The van der Waals surface area contributed by atoms with Crippen LogP contribution in [0.4, 0.5) is 0 Å². The molecular weight excluding hydrogens is 208 g/mol. The second-order valence-electron chi connectivity index (χ2n) is 4.60. The van der Waals surface area contributed by atoms with Crippen LogP contribution in [0.3, 0.4) is 0 Å². The summed E-state index contributed by atoms with van der Waals surface area (Å²) in [4.78, 5) is 12.0. The van der Waals surface area contributed by atoms with Crippen LogP contribution in [0, 0.1) is 11.8 Å². The Hall–Kier alpha value is -0.640. The fraction of sp³-hybridized carbons (Fsp3) is 0.818. The molecule has 1 aliphatic rings. The van der Waals surface area contributed by atoms with Crippen molar-refractivity contribution in [2.45, 2.75) is 45.6 Å². The summed E-state index contributed by atoms with van der Waals surface area (Å²) in [7, 11) is 0. The third-order valence-electron chi connectivity index (χ3n) is 3.10. The highest BCUT2D eigenvalue weighted by molar-refractivity contribution is 7.80. The maximum atomic E-state index is 11.7. The summed E-state index contributed by atoms with van der Waals surface area (Å²) in [6.45, 7) is 3.99. The van der Waals surface area contributed by atoms with Gasteiger partial charge in [0.15, 0.2) is 0 Å². The molecule has 0 radical (unpaired) electrons. The van der Waals surface area contributed by atoms with E-state index in [1.165, 1.54) is 12.8 Å². The quantitative estimate of drug-likeness (QED) is 0.721. The van der Waals surface area contributed by atoms with Crippen LogP contribution < -0.4 is 11.1 Å². The van der Waals surface area contributed by atoms with Crippen molar-refractivity contribution in [2.75, 3.05) is 0 Å². The van der Waals surface area contributed by atoms with E-state index >= 15 is 0 Å². The SMILES string of the molecule is CC1CCCC(NC(=O)C(C)C(N)=S)C1. The lowest BCUT2D eigenvalue weighted by Gasteiger charge is -2.28. The smallest absolute Gasteiger partial charge is 0.229 e. The normalized spacial score (nSPS) is 28.1. The van der Waals surface area contributed by atoms with Gasteiger partial charge in [0.1, 0.15) is 0 Å². The average molecular weight is 228 g/mol. The van der Waals surface area contributed by atoms with E-state index in [2.05, 4.69) is 12.2 Å². The number of amides is 1. The first kappa shape index (κ1) is 12.4. The molecule has 1 amide bonds. The fourth-order valence-electron chi connectivity index (χ4n) is 2.02. The van der Waals surface area contributed by atoms with Gasteiger partial charge >= 0.3 is 0 Å². The van der Waals surface area contributed by atoms with Crippen molar-refractivity contribution in [1.29, 1.82) is 0 Å². The van der Waals surface area contributed by atoms with Gasteiger partial charge in [0.25, 0.3) is 0 Å². The molecule has 1 saturated carbocycles. The maximum absolute atomic E-state index is 11.7. The first-order valence-corrected chi connectivity index (χ1v) is 6.01. The molecule has 0 heterocycles. The summed E-state index contributed by atoms with van der Waals surface area (Å²) >= 11 is 4.80. The van der Waals surface area contributed by atoms with E-state index in [4.69, 9.17) is 18.0 Å². The molecule has 3 unspecified atom stereocenters. The predicted octanol–water partition coefficient (Wildman–Crippen LogP) is 1.60. The van der Waals surface area contributed by atoms with Gasteiger partial charge in [-0.25, -0.2) is 0 Å². The van der Waals surface area contributed by atoms with E-state index in [0.29, 0.717) is 12.0 Å². The zero-order chi connectivity index (χ0) is 11.4. The van der Waals surface area contributed by atoms with Crippen molar-refractivity contribution in [1.82, 2.24) is 5.32 Å². The number of carbonyl (C=O) groups excluding carboxylic acids is 1. The first-order valence-electron chi connectivity index (χ1n) is 5.60. The summed E-state index contributed by atoms with van der Waals surface area (Å²) in [5, 5.41) is 3.02. The van der Waals surface area contributed by atoms with Gasteiger partial charge in [0.2, 0.25) is 5.91 Å². The van der Waals surface area contributed by atoms with Crippen molar-refractivity contribution in [3.63, 3.8) is 0 Å². The first-order chi connectivity index (χ1) is 7.00. The van der Waals surface area contributed by atoms with Gasteiger partial charge in [0, 0.05) is 6.04 Å². The Morgan fingerprint density at radius 2 is 2.20 bits per heavy atom. The number of thiocarbonyl (C=S) groups is 1. The van der Waals surface area contributed by atoms with Gasteiger partial charge in [0.05, 0.1) is 10.9 Å². The zero-order valence-electron chi connectivity index (χ0n) is 9.45. The molecule has 15 heavy (non-hydrogen) atoms. The van der Waals surface area contributed by atoms with Crippen molar-refractivity contribution in [3.8, 4) is 0 Å². The molecular formula is C11H20N2OS. The molecule has 3 atom stereocenters. The topological polar surface area (TPSA) is 55.1 Å². The van der Waals surface area contributed by atoms with Crippen LogP contribution in [0.2, 0.25) is 0 Å². The number of nitrogens with one attached hydrogen (secondary N) is 1.